The third-order valence-corrected chi connectivity index (χ3v) is 6.47. The van der Waals surface area contributed by atoms with E-state index in [1.807, 2.05) is 56.0 Å². The molecule has 5 rings (SSSR count). The Labute approximate surface area is 209 Å². The highest BCUT2D eigenvalue weighted by atomic mass is 19.1. The van der Waals surface area contributed by atoms with Crippen LogP contribution in [0, 0.1) is 26.6 Å². The number of halogens is 1. The lowest BCUT2D eigenvalue weighted by Crippen LogP contribution is -2.04. The van der Waals surface area contributed by atoms with Crippen LogP contribution in [0.2, 0.25) is 0 Å². The predicted molar refractivity (Wildman–Crippen MR) is 140 cm³/mol. The van der Waals surface area contributed by atoms with Crippen LogP contribution in [0.4, 0.5) is 4.39 Å². The molecular weight excluding hydrogens is 455 g/mol. The van der Waals surface area contributed by atoms with Gasteiger partial charge in [-0.2, -0.15) is 5.10 Å². The Bertz CT molecular complexity index is 1540. The van der Waals surface area contributed by atoms with Crippen molar-refractivity contribution in [3.63, 3.8) is 0 Å². The second-order valence-electron chi connectivity index (χ2n) is 9.06. The van der Waals surface area contributed by atoms with Gasteiger partial charge in [-0.3, -0.25) is 4.68 Å². The van der Waals surface area contributed by atoms with Crippen molar-refractivity contribution in [2.75, 3.05) is 13.2 Å². The summed E-state index contributed by atoms with van der Waals surface area (Å²) >= 11 is 0. The first kappa shape index (κ1) is 23.8. The van der Waals surface area contributed by atoms with E-state index in [4.69, 9.17) is 14.9 Å². The number of ether oxygens (including phenoxy) is 1. The molecule has 0 radical (unpaired) electrons. The summed E-state index contributed by atoms with van der Waals surface area (Å²) in [4.78, 5) is 7.97. The van der Waals surface area contributed by atoms with Crippen LogP contribution in [0.1, 0.15) is 28.9 Å². The minimum Gasteiger partial charge on any atom is -0.493 e. The summed E-state index contributed by atoms with van der Waals surface area (Å²) in [6.45, 7) is 7.17. The number of aromatic amines is 1. The Morgan fingerprint density at radius 2 is 1.92 bits per heavy atom. The Hall–Kier alpha value is -3.97. The fraction of sp³-hybridized carbons (Fsp3) is 0.241. The highest BCUT2D eigenvalue weighted by molar-refractivity contribution is 5.97. The maximum Gasteiger partial charge on any atom is 0.137 e. The van der Waals surface area contributed by atoms with Gasteiger partial charge in [-0.25, -0.2) is 9.37 Å². The van der Waals surface area contributed by atoms with Gasteiger partial charge in [0.15, 0.2) is 0 Å². The van der Waals surface area contributed by atoms with Gasteiger partial charge in [0.25, 0.3) is 0 Å². The molecule has 0 aliphatic carbocycles. The van der Waals surface area contributed by atoms with Gasteiger partial charge in [-0.1, -0.05) is 18.2 Å². The third-order valence-electron chi connectivity index (χ3n) is 6.47. The maximum absolute atomic E-state index is 13.7. The number of nitrogens with zero attached hydrogens (tertiary/aromatic N) is 3. The van der Waals surface area contributed by atoms with Crippen LogP contribution >= 0.6 is 0 Å². The number of aryl methyl sites for hydroxylation is 2. The number of aromatic nitrogens is 4. The molecule has 36 heavy (non-hydrogen) atoms. The number of nitrogens with one attached hydrogen (secondary N) is 1. The Morgan fingerprint density at radius 1 is 1.06 bits per heavy atom. The first-order chi connectivity index (χ1) is 17.4. The van der Waals surface area contributed by atoms with E-state index in [0.717, 1.165) is 61.6 Å². The Balaban J connectivity index is 1.49. The van der Waals surface area contributed by atoms with Gasteiger partial charge in [0, 0.05) is 53.2 Å². The van der Waals surface area contributed by atoms with Crippen molar-refractivity contribution in [1.29, 1.82) is 0 Å². The molecule has 0 saturated heterocycles. The molecule has 0 aliphatic rings. The molecule has 6 nitrogen and oxygen atoms in total. The highest BCUT2D eigenvalue weighted by Gasteiger charge is 2.18. The zero-order chi connectivity index (χ0) is 25.2. The van der Waals surface area contributed by atoms with Crippen LogP contribution in [0.5, 0.6) is 5.75 Å². The molecule has 3 heterocycles. The molecule has 5 aromatic rings. The molecule has 184 valence electrons. The number of hydrogen-bond acceptors (Lipinski definition) is 4. The van der Waals surface area contributed by atoms with Crippen LogP contribution < -0.4 is 4.74 Å². The smallest absolute Gasteiger partial charge is 0.137 e. The molecule has 3 aromatic heterocycles. The number of pyridine rings is 1. The number of fused-ring (bicyclic) bond motifs is 1. The number of benzene rings is 2. The van der Waals surface area contributed by atoms with E-state index in [1.165, 1.54) is 6.07 Å². The SMILES string of the molecule is Cc1cc(-c2cnc3[nH]cc(-c4c(C)nn(Cc5cccc(F)c5)c4C)c3c2)ccc1OCCCO. The topological polar surface area (TPSA) is 76.0 Å². The van der Waals surface area contributed by atoms with Crippen molar-refractivity contribution >= 4 is 11.0 Å². The molecule has 0 bridgehead atoms. The normalized spacial score (nSPS) is 11.4. The van der Waals surface area contributed by atoms with Crippen LogP contribution in [-0.4, -0.2) is 38.1 Å². The first-order valence-electron chi connectivity index (χ1n) is 12.0. The average molecular weight is 485 g/mol. The van der Waals surface area contributed by atoms with Gasteiger partial charge in [-0.05, 0) is 67.8 Å². The van der Waals surface area contributed by atoms with Crippen molar-refractivity contribution < 1.29 is 14.2 Å². The fourth-order valence-electron chi connectivity index (χ4n) is 4.65. The van der Waals surface area contributed by atoms with Gasteiger partial charge in [0.2, 0.25) is 0 Å². The highest BCUT2D eigenvalue weighted by Crippen LogP contribution is 2.35. The number of rotatable bonds is 8. The predicted octanol–water partition coefficient (Wildman–Crippen LogP) is 5.97. The molecule has 2 aromatic carbocycles. The van der Waals surface area contributed by atoms with Gasteiger partial charge >= 0.3 is 0 Å². The van der Waals surface area contributed by atoms with E-state index in [0.29, 0.717) is 19.6 Å². The third kappa shape index (κ3) is 4.62. The summed E-state index contributed by atoms with van der Waals surface area (Å²) < 4.78 is 21.4. The number of aliphatic hydroxyl groups is 1. The largest absolute Gasteiger partial charge is 0.493 e. The van der Waals surface area contributed by atoms with Gasteiger partial charge in [-0.15, -0.1) is 0 Å². The molecule has 2 N–H and O–H groups in total. The maximum atomic E-state index is 13.7. The summed E-state index contributed by atoms with van der Waals surface area (Å²) in [5.74, 6) is 0.574. The summed E-state index contributed by atoms with van der Waals surface area (Å²) in [6.07, 6.45) is 4.46. The summed E-state index contributed by atoms with van der Waals surface area (Å²) in [7, 11) is 0. The zero-order valence-corrected chi connectivity index (χ0v) is 20.7. The lowest BCUT2D eigenvalue weighted by Gasteiger charge is -2.11. The van der Waals surface area contributed by atoms with E-state index in [-0.39, 0.29) is 12.4 Å². The monoisotopic (exact) mass is 484 g/mol. The Kier molecular flexibility index (Phi) is 6.57. The lowest BCUT2D eigenvalue weighted by molar-refractivity contribution is 0.233. The van der Waals surface area contributed by atoms with Gasteiger partial charge in [0.1, 0.15) is 17.2 Å². The van der Waals surface area contributed by atoms with Crippen LogP contribution in [0.15, 0.2) is 60.9 Å². The molecule has 0 spiro atoms. The lowest BCUT2D eigenvalue weighted by atomic mass is 10.00. The van der Waals surface area contributed by atoms with E-state index >= 15 is 0 Å². The van der Waals surface area contributed by atoms with Crippen molar-refractivity contribution in [2.45, 2.75) is 33.7 Å². The van der Waals surface area contributed by atoms with Crippen LogP contribution in [0.3, 0.4) is 0 Å². The van der Waals surface area contributed by atoms with E-state index in [1.54, 1.807) is 12.1 Å². The number of hydrogen-bond donors (Lipinski definition) is 2. The molecule has 0 unspecified atom stereocenters. The van der Waals surface area contributed by atoms with E-state index in [9.17, 15) is 4.39 Å². The quantitative estimate of drug-likeness (QED) is 0.266. The minimum atomic E-state index is -0.246. The second-order valence-corrected chi connectivity index (χ2v) is 9.06. The van der Waals surface area contributed by atoms with Crippen molar-refractivity contribution in [1.82, 2.24) is 19.7 Å². The fourth-order valence-corrected chi connectivity index (χ4v) is 4.65. The molecule has 0 amide bonds. The molecule has 0 aliphatic heterocycles. The summed E-state index contributed by atoms with van der Waals surface area (Å²) in [6, 6.07) is 14.9. The molecule has 0 saturated carbocycles. The van der Waals surface area contributed by atoms with Gasteiger partial charge in [0.05, 0.1) is 18.8 Å². The van der Waals surface area contributed by atoms with Gasteiger partial charge < -0.3 is 14.8 Å². The second kappa shape index (κ2) is 9.95. The molecule has 0 atom stereocenters. The number of aliphatic hydroxyl groups excluding tert-OH is 1. The van der Waals surface area contributed by atoms with Crippen LogP contribution in [0.25, 0.3) is 33.3 Å². The number of H-pyrrole nitrogens is 1. The van der Waals surface area contributed by atoms with Crippen LogP contribution in [-0.2, 0) is 6.54 Å². The molecular formula is C29H29FN4O2. The van der Waals surface area contributed by atoms with Crippen molar-refractivity contribution in [2.24, 2.45) is 0 Å². The molecule has 7 heteroatoms. The Morgan fingerprint density at radius 3 is 2.69 bits per heavy atom. The summed E-state index contributed by atoms with van der Waals surface area (Å²) in [5, 5.41) is 14.8. The minimum absolute atomic E-state index is 0.116. The first-order valence-corrected chi connectivity index (χ1v) is 12.0. The van der Waals surface area contributed by atoms with E-state index < -0.39 is 0 Å². The summed E-state index contributed by atoms with van der Waals surface area (Å²) in [5.41, 5.74) is 8.81. The van der Waals surface area contributed by atoms with Crippen molar-refractivity contribution in [3.8, 4) is 28.0 Å². The molecule has 0 fully saturated rings. The van der Waals surface area contributed by atoms with Crippen molar-refractivity contribution in [3.05, 3.63) is 89.3 Å². The van der Waals surface area contributed by atoms with E-state index in [2.05, 4.69) is 22.1 Å². The zero-order valence-electron chi connectivity index (χ0n) is 20.7. The standard InChI is InChI=1S/C29H29FN4O2/c1-18-12-22(8-9-27(18)36-11-5-10-35)23-14-25-26(16-32-29(25)31-15-23)28-19(2)33-34(20(28)3)17-21-6-4-7-24(30)13-21/h4,6-9,12-16,35H,5,10-11,17H2,1-3H3,(H,31,32). The average Bonchev–Trinajstić information content (AvgIpc) is 3.39.